The topological polar surface area (TPSA) is 86.9 Å². The predicted molar refractivity (Wildman–Crippen MR) is 130 cm³/mol. The van der Waals surface area contributed by atoms with Gasteiger partial charge in [0.15, 0.2) is 5.13 Å². The summed E-state index contributed by atoms with van der Waals surface area (Å²) in [5.74, 6) is -0.543. The number of para-hydroxylation sites is 1. The van der Waals surface area contributed by atoms with Crippen molar-refractivity contribution in [2.75, 3.05) is 5.32 Å². The lowest BCUT2D eigenvalue weighted by Gasteiger charge is -2.16. The summed E-state index contributed by atoms with van der Waals surface area (Å²) >= 11 is 1.38. The highest BCUT2D eigenvalue weighted by Crippen LogP contribution is 2.29. The van der Waals surface area contributed by atoms with Gasteiger partial charge in [-0.05, 0) is 55.2 Å². The second-order valence-corrected chi connectivity index (χ2v) is 8.95. The van der Waals surface area contributed by atoms with Gasteiger partial charge in [-0.1, -0.05) is 24.3 Å². The molecule has 32 heavy (non-hydrogen) atoms. The zero-order valence-electron chi connectivity index (χ0n) is 18.6. The molecule has 0 unspecified atom stereocenters. The quantitative estimate of drug-likeness (QED) is 0.394. The predicted octanol–water partition coefficient (Wildman–Crippen LogP) is 4.90. The lowest BCUT2D eigenvalue weighted by Crippen LogP contribution is -2.44. The van der Waals surface area contributed by atoms with Crippen LogP contribution in [-0.2, 0) is 16.0 Å². The van der Waals surface area contributed by atoms with Gasteiger partial charge in [0, 0.05) is 41.4 Å². The first-order chi connectivity index (χ1) is 15.3. The highest BCUT2D eigenvalue weighted by Gasteiger charge is 2.23. The molecule has 0 fully saturated rings. The second-order valence-electron chi connectivity index (χ2n) is 8.10. The first kappa shape index (κ1) is 21.8. The van der Waals surface area contributed by atoms with Gasteiger partial charge in [-0.25, -0.2) is 4.98 Å². The van der Waals surface area contributed by atoms with E-state index in [4.69, 9.17) is 0 Å². The van der Waals surface area contributed by atoms with Crippen LogP contribution in [0.2, 0.25) is 0 Å². The number of anilines is 1. The van der Waals surface area contributed by atoms with Crippen LogP contribution in [0.15, 0.2) is 48.0 Å². The van der Waals surface area contributed by atoms with Crippen molar-refractivity contribution in [3.63, 3.8) is 0 Å². The number of benzene rings is 2. The summed E-state index contributed by atoms with van der Waals surface area (Å²) in [6.45, 7) is 7.65. The number of fused-ring (bicyclic) bond motifs is 1. The highest BCUT2D eigenvalue weighted by molar-refractivity contribution is 7.14. The number of aromatic amines is 1. The van der Waals surface area contributed by atoms with E-state index in [-0.39, 0.29) is 11.8 Å². The largest absolute Gasteiger partial charge is 0.361 e. The SMILES string of the molecule is CC(=O)N[C@H](Cc1c[nH]c2ccccc12)C(=O)Nc1nc(-c2cc(C)c(C)cc2C)cs1. The number of nitrogens with zero attached hydrogens (tertiary/aromatic N) is 1. The first-order valence-electron chi connectivity index (χ1n) is 10.5. The van der Waals surface area contributed by atoms with E-state index in [2.05, 4.69) is 53.5 Å². The molecule has 0 aliphatic rings. The maximum atomic E-state index is 13.1. The molecule has 6 nitrogen and oxygen atoms in total. The third kappa shape index (κ3) is 4.57. The number of aromatic nitrogens is 2. The van der Waals surface area contributed by atoms with Crippen LogP contribution in [0.25, 0.3) is 22.2 Å². The minimum atomic E-state index is -0.706. The lowest BCUT2D eigenvalue weighted by atomic mass is 9.99. The maximum Gasteiger partial charge on any atom is 0.249 e. The van der Waals surface area contributed by atoms with Gasteiger partial charge in [0.05, 0.1) is 5.69 Å². The van der Waals surface area contributed by atoms with Gasteiger partial charge in [-0.15, -0.1) is 11.3 Å². The van der Waals surface area contributed by atoms with E-state index in [0.717, 1.165) is 33.3 Å². The maximum absolute atomic E-state index is 13.1. The summed E-state index contributed by atoms with van der Waals surface area (Å²) < 4.78 is 0. The summed E-state index contributed by atoms with van der Waals surface area (Å²) in [7, 11) is 0. The van der Waals surface area contributed by atoms with Gasteiger partial charge in [-0.3, -0.25) is 9.59 Å². The molecule has 7 heteroatoms. The van der Waals surface area contributed by atoms with E-state index in [0.29, 0.717) is 11.6 Å². The van der Waals surface area contributed by atoms with Crippen LogP contribution in [0.5, 0.6) is 0 Å². The average molecular weight is 447 g/mol. The molecule has 2 heterocycles. The van der Waals surface area contributed by atoms with Gasteiger partial charge in [0.25, 0.3) is 0 Å². The van der Waals surface area contributed by atoms with E-state index in [1.165, 1.54) is 29.4 Å². The summed E-state index contributed by atoms with van der Waals surface area (Å²) in [6, 6.07) is 11.5. The minimum absolute atomic E-state index is 0.254. The Morgan fingerprint density at radius 3 is 2.62 bits per heavy atom. The number of carbonyl (C=O) groups excluding carboxylic acids is 2. The van der Waals surface area contributed by atoms with Crippen LogP contribution < -0.4 is 10.6 Å². The summed E-state index contributed by atoms with van der Waals surface area (Å²) in [5.41, 5.74) is 7.45. The van der Waals surface area contributed by atoms with Crippen LogP contribution in [0, 0.1) is 20.8 Å². The Morgan fingerprint density at radius 2 is 1.84 bits per heavy atom. The van der Waals surface area contributed by atoms with Crippen molar-refractivity contribution in [2.45, 2.75) is 40.2 Å². The number of hydrogen-bond acceptors (Lipinski definition) is 4. The minimum Gasteiger partial charge on any atom is -0.361 e. The molecule has 0 spiro atoms. The van der Waals surface area contributed by atoms with Crippen LogP contribution in [0.4, 0.5) is 5.13 Å². The van der Waals surface area contributed by atoms with Crippen molar-refractivity contribution in [2.24, 2.45) is 0 Å². The summed E-state index contributed by atoms with van der Waals surface area (Å²) in [4.78, 5) is 32.7. The third-order valence-corrected chi connectivity index (χ3v) is 6.40. The van der Waals surface area contributed by atoms with Crippen molar-refractivity contribution in [1.82, 2.24) is 15.3 Å². The molecule has 0 saturated heterocycles. The summed E-state index contributed by atoms with van der Waals surface area (Å²) in [6.07, 6.45) is 2.26. The number of amides is 2. The van der Waals surface area contributed by atoms with Gasteiger partial charge in [-0.2, -0.15) is 0 Å². The number of thiazole rings is 1. The first-order valence-corrected chi connectivity index (χ1v) is 11.4. The number of H-pyrrole nitrogens is 1. The monoisotopic (exact) mass is 446 g/mol. The number of aryl methyl sites for hydroxylation is 3. The molecule has 2 aromatic carbocycles. The average Bonchev–Trinajstić information content (AvgIpc) is 3.37. The Kier molecular flexibility index (Phi) is 6.10. The summed E-state index contributed by atoms with van der Waals surface area (Å²) in [5, 5.41) is 9.16. The Morgan fingerprint density at radius 1 is 1.09 bits per heavy atom. The van der Waals surface area contributed by atoms with Gasteiger partial charge in [0.2, 0.25) is 11.8 Å². The van der Waals surface area contributed by atoms with Crippen molar-refractivity contribution in [3.05, 3.63) is 70.2 Å². The second kappa shape index (κ2) is 8.96. The highest BCUT2D eigenvalue weighted by atomic mass is 32.1. The number of nitrogens with one attached hydrogen (secondary N) is 3. The van der Waals surface area contributed by atoms with Crippen molar-refractivity contribution in [1.29, 1.82) is 0 Å². The fourth-order valence-electron chi connectivity index (χ4n) is 3.86. The molecular formula is C25H26N4O2S. The van der Waals surface area contributed by atoms with E-state index < -0.39 is 6.04 Å². The molecular weight excluding hydrogens is 420 g/mol. The molecule has 164 valence electrons. The molecule has 4 rings (SSSR count). The molecule has 3 N–H and O–H groups in total. The Hall–Kier alpha value is -3.45. The van der Waals surface area contributed by atoms with Crippen LogP contribution >= 0.6 is 11.3 Å². The number of carbonyl (C=O) groups is 2. The fourth-order valence-corrected chi connectivity index (χ4v) is 4.57. The van der Waals surface area contributed by atoms with Gasteiger partial charge >= 0.3 is 0 Å². The fraction of sp³-hybridized carbons (Fsp3) is 0.240. The Balaban J connectivity index is 1.54. The third-order valence-electron chi connectivity index (χ3n) is 5.64. The molecule has 0 radical (unpaired) electrons. The molecule has 0 aliphatic carbocycles. The van der Waals surface area contributed by atoms with Crippen LogP contribution in [0.1, 0.15) is 29.2 Å². The zero-order chi connectivity index (χ0) is 22.8. The smallest absolute Gasteiger partial charge is 0.249 e. The molecule has 0 aliphatic heterocycles. The number of hydrogen-bond donors (Lipinski definition) is 3. The normalized spacial score (nSPS) is 12.0. The molecule has 0 bridgehead atoms. The van der Waals surface area contributed by atoms with Crippen LogP contribution in [0.3, 0.4) is 0 Å². The molecule has 2 amide bonds. The standard InChI is InChI=1S/C25H26N4O2S/c1-14-9-16(3)20(10-15(14)2)23-13-32-25(28-23)29-24(31)22(27-17(4)30)11-18-12-26-21-8-6-5-7-19(18)21/h5-10,12-13,22,26H,11H2,1-4H3,(H,27,30)(H,28,29,31)/t22-/m1/s1. The van der Waals surface area contributed by atoms with Crippen LogP contribution in [-0.4, -0.2) is 27.8 Å². The Bertz CT molecular complexity index is 1300. The van der Waals surface area contributed by atoms with E-state index in [1.807, 2.05) is 35.8 Å². The Labute approximate surface area is 191 Å². The number of rotatable bonds is 6. The van der Waals surface area contributed by atoms with Gasteiger partial charge < -0.3 is 15.6 Å². The molecule has 4 aromatic rings. The lowest BCUT2D eigenvalue weighted by molar-refractivity contribution is -0.125. The van der Waals surface area contributed by atoms with Crippen molar-refractivity contribution < 1.29 is 9.59 Å². The van der Waals surface area contributed by atoms with E-state index in [9.17, 15) is 9.59 Å². The van der Waals surface area contributed by atoms with Crippen molar-refractivity contribution in [3.8, 4) is 11.3 Å². The molecule has 2 aromatic heterocycles. The van der Waals surface area contributed by atoms with Gasteiger partial charge in [0.1, 0.15) is 6.04 Å². The van der Waals surface area contributed by atoms with E-state index in [1.54, 1.807) is 0 Å². The zero-order valence-corrected chi connectivity index (χ0v) is 19.4. The molecule has 1 atom stereocenters. The van der Waals surface area contributed by atoms with Crippen molar-refractivity contribution >= 4 is 39.2 Å². The molecule has 0 saturated carbocycles. The van der Waals surface area contributed by atoms with E-state index >= 15 is 0 Å².